The lowest BCUT2D eigenvalue weighted by molar-refractivity contribution is -0.132. The highest BCUT2D eigenvalue weighted by Gasteiger charge is 2.26. The van der Waals surface area contributed by atoms with Crippen molar-refractivity contribution < 1.29 is 9.59 Å². The van der Waals surface area contributed by atoms with Crippen LogP contribution < -0.4 is 5.32 Å². The number of carbonyl (C=O) groups excluding carboxylic acids is 2. The average molecular weight is 276 g/mol. The molecule has 0 aliphatic heterocycles. The lowest BCUT2D eigenvalue weighted by Gasteiger charge is -2.26. The van der Waals surface area contributed by atoms with Crippen LogP contribution in [0.5, 0.6) is 0 Å². The van der Waals surface area contributed by atoms with Crippen LogP contribution in [0.2, 0.25) is 0 Å². The molecule has 20 heavy (non-hydrogen) atoms. The molecule has 4 nitrogen and oxygen atoms in total. The van der Waals surface area contributed by atoms with Gasteiger partial charge in [0, 0.05) is 19.2 Å². The molecule has 0 spiro atoms. The van der Waals surface area contributed by atoms with Crippen molar-refractivity contribution in [1.29, 1.82) is 0 Å². The van der Waals surface area contributed by atoms with Crippen molar-refractivity contribution in [3.8, 4) is 0 Å². The molecular formula is C16H24N2O2. The number of nitrogens with one attached hydrogen (secondary N) is 1. The quantitative estimate of drug-likeness (QED) is 0.896. The fraction of sp³-hybridized carbons (Fsp3) is 0.500. The van der Waals surface area contributed by atoms with E-state index in [0.29, 0.717) is 12.1 Å². The SMILES string of the molecule is CCN(C)C(=O)C(NC(=O)c1ccccc1C)C(C)C. The molecule has 4 heteroatoms. The Morgan fingerprint density at radius 2 is 1.85 bits per heavy atom. The van der Waals surface area contributed by atoms with E-state index in [-0.39, 0.29) is 17.7 Å². The van der Waals surface area contributed by atoms with Gasteiger partial charge in [0.05, 0.1) is 0 Å². The van der Waals surface area contributed by atoms with Crippen LogP contribution in [0.4, 0.5) is 0 Å². The lowest BCUT2D eigenvalue weighted by atomic mass is 10.0. The molecule has 1 unspecified atom stereocenters. The second-order valence-corrected chi connectivity index (χ2v) is 5.36. The molecule has 1 aromatic carbocycles. The Kier molecular flexibility index (Phi) is 5.74. The fourth-order valence-electron chi connectivity index (χ4n) is 1.95. The molecule has 2 amide bonds. The minimum atomic E-state index is -0.493. The molecule has 0 aromatic heterocycles. The number of rotatable bonds is 5. The van der Waals surface area contributed by atoms with E-state index in [4.69, 9.17) is 0 Å². The Morgan fingerprint density at radius 1 is 1.25 bits per heavy atom. The summed E-state index contributed by atoms with van der Waals surface area (Å²) >= 11 is 0. The first kappa shape index (κ1) is 16.2. The van der Waals surface area contributed by atoms with Gasteiger partial charge in [-0.15, -0.1) is 0 Å². The highest BCUT2D eigenvalue weighted by Crippen LogP contribution is 2.10. The first-order valence-corrected chi connectivity index (χ1v) is 7.00. The van der Waals surface area contributed by atoms with Crippen molar-refractivity contribution in [3.63, 3.8) is 0 Å². The molecule has 1 atom stereocenters. The maximum Gasteiger partial charge on any atom is 0.252 e. The monoisotopic (exact) mass is 276 g/mol. The molecule has 110 valence electrons. The van der Waals surface area contributed by atoms with Crippen LogP contribution in [-0.2, 0) is 4.79 Å². The highest BCUT2D eigenvalue weighted by atomic mass is 16.2. The van der Waals surface area contributed by atoms with Gasteiger partial charge in [0.15, 0.2) is 0 Å². The number of amides is 2. The summed E-state index contributed by atoms with van der Waals surface area (Å²) < 4.78 is 0. The normalized spacial score (nSPS) is 12.1. The Bertz CT molecular complexity index is 483. The zero-order valence-electron chi connectivity index (χ0n) is 12.9. The second kappa shape index (κ2) is 7.08. The summed E-state index contributed by atoms with van der Waals surface area (Å²) in [6, 6.07) is 6.89. The van der Waals surface area contributed by atoms with Gasteiger partial charge >= 0.3 is 0 Å². The van der Waals surface area contributed by atoms with Crippen LogP contribution in [0.3, 0.4) is 0 Å². The smallest absolute Gasteiger partial charge is 0.252 e. The van der Waals surface area contributed by atoms with Gasteiger partial charge in [0.25, 0.3) is 5.91 Å². The van der Waals surface area contributed by atoms with Gasteiger partial charge in [-0.1, -0.05) is 32.0 Å². The molecule has 0 aliphatic carbocycles. The third-order valence-electron chi connectivity index (χ3n) is 3.46. The lowest BCUT2D eigenvalue weighted by Crippen LogP contribution is -2.50. The van der Waals surface area contributed by atoms with Crippen LogP contribution in [0.1, 0.15) is 36.7 Å². The van der Waals surface area contributed by atoms with Gasteiger partial charge in [-0.3, -0.25) is 9.59 Å². The van der Waals surface area contributed by atoms with Gasteiger partial charge in [-0.2, -0.15) is 0 Å². The van der Waals surface area contributed by atoms with E-state index in [1.54, 1.807) is 18.0 Å². The Morgan fingerprint density at radius 3 is 2.35 bits per heavy atom. The number of hydrogen-bond donors (Lipinski definition) is 1. The van der Waals surface area contributed by atoms with E-state index in [2.05, 4.69) is 5.32 Å². The van der Waals surface area contributed by atoms with Crippen LogP contribution in [0, 0.1) is 12.8 Å². The van der Waals surface area contributed by atoms with Gasteiger partial charge in [0.1, 0.15) is 6.04 Å². The average Bonchev–Trinajstić information content (AvgIpc) is 2.43. The summed E-state index contributed by atoms with van der Waals surface area (Å²) in [5.74, 6) is -0.200. The summed E-state index contributed by atoms with van der Waals surface area (Å²) in [7, 11) is 1.75. The van der Waals surface area contributed by atoms with Gasteiger partial charge in [0.2, 0.25) is 5.91 Å². The van der Waals surface area contributed by atoms with Crippen molar-refractivity contribution in [2.45, 2.75) is 33.7 Å². The Labute approximate surface area is 121 Å². The Hall–Kier alpha value is -1.84. The predicted molar refractivity (Wildman–Crippen MR) is 80.6 cm³/mol. The van der Waals surface area contributed by atoms with Crippen LogP contribution in [-0.4, -0.2) is 36.3 Å². The van der Waals surface area contributed by atoms with E-state index >= 15 is 0 Å². The van der Waals surface area contributed by atoms with Gasteiger partial charge < -0.3 is 10.2 Å². The number of hydrogen-bond acceptors (Lipinski definition) is 2. The molecule has 0 radical (unpaired) electrons. The molecular weight excluding hydrogens is 252 g/mol. The van der Waals surface area contributed by atoms with Crippen molar-refractivity contribution >= 4 is 11.8 Å². The number of nitrogens with zero attached hydrogens (tertiary/aromatic N) is 1. The highest BCUT2D eigenvalue weighted by molar-refractivity contribution is 5.98. The number of likely N-dealkylation sites (N-methyl/N-ethyl adjacent to an activating group) is 1. The van der Waals surface area contributed by atoms with Crippen LogP contribution >= 0.6 is 0 Å². The minimum absolute atomic E-state index is 0.0458. The molecule has 0 heterocycles. The zero-order chi connectivity index (χ0) is 15.3. The van der Waals surface area contributed by atoms with E-state index in [1.165, 1.54) is 0 Å². The molecule has 1 rings (SSSR count). The van der Waals surface area contributed by atoms with E-state index in [9.17, 15) is 9.59 Å². The van der Waals surface area contributed by atoms with Crippen molar-refractivity contribution in [3.05, 3.63) is 35.4 Å². The van der Waals surface area contributed by atoms with Crippen LogP contribution in [0.25, 0.3) is 0 Å². The van der Waals surface area contributed by atoms with Crippen molar-refractivity contribution in [2.24, 2.45) is 5.92 Å². The molecule has 0 saturated carbocycles. The topological polar surface area (TPSA) is 49.4 Å². The Balaban J connectivity index is 2.89. The largest absolute Gasteiger partial charge is 0.344 e. The number of carbonyl (C=O) groups is 2. The van der Waals surface area contributed by atoms with E-state index < -0.39 is 6.04 Å². The van der Waals surface area contributed by atoms with Gasteiger partial charge in [-0.05, 0) is 31.4 Å². The maximum absolute atomic E-state index is 12.3. The summed E-state index contributed by atoms with van der Waals surface area (Å²) in [5.41, 5.74) is 1.52. The third kappa shape index (κ3) is 3.83. The van der Waals surface area contributed by atoms with Gasteiger partial charge in [-0.25, -0.2) is 0 Å². The second-order valence-electron chi connectivity index (χ2n) is 5.36. The first-order valence-electron chi connectivity index (χ1n) is 7.00. The van der Waals surface area contributed by atoms with E-state index in [0.717, 1.165) is 5.56 Å². The van der Waals surface area contributed by atoms with E-state index in [1.807, 2.05) is 45.9 Å². The standard InChI is InChI=1S/C16H24N2O2/c1-6-18(5)16(20)14(11(2)3)17-15(19)13-10-8-7-9-12(13)4/h7-11,14H,6H2,1-5H3,(H,17,19). The third-order valence-corrected chi connectivity index (χ3v) is 3.46. The molecule has 0 bridgehead atoms. The van der Waals surface area contributed by atoms with Crippen LogP contribution in [0.15, 0.2) is 24.3 Å². The van der Waals surface area contributed by atoms with Crippen molar-refractivity contribution in [1.82, 2.24) is 10.2 Å². The summed E-state index contributed by atoms with van der Waals surface area (Å²) in [5, 5.41) is 2.86. The molecule has 1 N–H and O–H groups in total. The first-order chi connectivity index (χ1) is 9.38. The molecule has 0 aliphatic rings. The molecule has 1 aromatic rings. The summed E-state index contributed by atoms with van der Waals surface area (Å²) in [4.78, 5) is 26.2. The molecule has 0 fully saturated rings. The minimum Gasteiger partial charge on any atom is -0.344 e. The maximum atomic E-state index is 12.3. The fourth-order valence-corrected chi connectivity index (χ4v) is 1.95. The predicted octanol–water partition coefficient (Wildman–Crippen LogP) is 2.23. The summed E-state index contributed by atoms with van der Waals surface area (Å²) in [6.07, 6.45) is 0. The summed E-state index contributed by atoms with van der Waals surface area (Å²) in [6.45, 7) is 8.30. The van der Waals surface area contributed by atoms with Crippen molar-refractivity contribution in [2.75, 3.05) is 13.6 Å². The number of benzene rings is 1. The zero-order valence-corrected chi connectivity index (χ0v) is 12.9. The molecule has 0 saturated heterocycles. The number of aryl methyl sites for hydroxylation is 1.